The maximum Gasteiger partial charge on any atom is 0.329 e. The van der Waals surface area contributed by atoms with Crippen LogP contribution in [0.1, 0.15) is 142 Å². The van der Waals surface area contributed by atoms with E-state index in [0.717, 1.165) is 59.0 Å². The molecule has 0 bridgehead atoms. The van der Waals surface area contributed by atoms with Crippen LogP contribution in [-0.2, 0) is 14.1 Å². The number of hydrogen-bond acceptors (Lipinski definition) is 6. The summed E-state index contributed by atoms with van der Waals surface area (Å²) in [5.41, 5.74) is 0.0928. The van der Waals surface area contributed by atoms with Gasteiger partial charge in [0.05, 0.1) is 0 Å². The molecule has 3 aromatic rings. The van der Waals surface area contributed by atoms with Gasteiger partial charge in [0, 0.05) is 50.7 Å². The van der Waals surface area contributed by atoms with Crippen LogP contribution in [0.15, 0.2) is 55.6 Å². The predicted molar refractivity (Wildman–Crippen MR) is 209 cm³/mol. The van der Waals surface area contributed by atoms with Crippen LogP contribution in [-0.4, -0.2) is 32.2 Å². The first-order valence-electron chi connectivity index (χ1n) is 19.5. The van der Waals surface area contributed by atoms with Crippen LogP contribution in [0.3, 0.4) is 0 Å². The highest BCUT2D eigenvalue weighted by Gasteiger charge is 2.16. The number of aromatic nitrogens is 4. The van der Waals surface area contributed by atoms with Gasteiger partial charge < -0.3 is 9.80 Å². The first-order valence-corrected chi connectivity index (χ1v) is 19.5. The van der Waals surface area contributed by atoms with Crippen molar-refractivity contribution in [1.82, 2.24) is 19.1 Å². The van der Waals surface area contributed by atoms with E-state index in [0.29, 0.717) is 24.7 Å². The van der Waals surface area contributed by atoms with E-state index in [1.165, 1.54) is 116 Å². The van der Waals surface area contributed by atoms with Gasteiger partial charge in [-0.05, 0) is 37.1 Å². The number of aromatic amines is 2. The summed E-state index contributed by atoms with van der Waals surface area (Å²) in [6.45, 7) is 5.80. The van der Waals surface area contributed by atoms with E-state index >= 15 is 0 Å². The van der Waals surface area contributed by atoms with Gasteiger partial charge in [0.2, 0.25) is 0 Å². The smallest absolute Gasteiger partial charge is 0.328 e. The molecule has 10 nitrogen and oxygen atoms in total. The quantitative estimate of drug-likeness (QED) is 0.0815. The predicted octanol–water partition coefficient (Wildman–Crippen LogP) is 8.58. The van der Waals surface area contributed by atoms with E-state index in [1.807, 2.05) is 34.1 Å². The number of nitrogens with one attached hydrogen (secondary N) is 2. The molecule has 0 unspecified atom stereocenters. The maximum absolute atomic E-state index is 12.6. The average molecular weight is 693 g/mol. The number of H-pyrrole nitrogens is 2. The summed E-state index contributed by atoms with van der Waals surface area (Å²) in [5.74, 6) is 0.944. The van der Waals surface area contributed by atoms with Gasteiger partial charge in [-0.2, -0.15) is 0 Å². The average Bonchev–Trinajstić information content (AvgIpc) is 3.11. The molecule has 1 aromatic carbocycles. The molecule has 0 saturated carbocycles. The summed E-state index contributed by atoms with van der Waals surface area (Å²) < 4.78 is 2.14. The lowest BCUT2D eigenvalue weighted by Gasteiger charge is -2.27. The van der Waals surface area contributed by atoms with E-state index in [2.05, 4.69) is 23.8 Å². The Kier molecular flexibility index (Phi) is 18.5. The van der Waals surface area contributed by atoms with Crippen LogP contribution >= 0.6 is 0 Å². The lowest BCUT2D eigenvalue weighted by molar-refractivity contribution is 0.557. The molecule has 2 N–H and O–H groups in total. The number of hydrogen-bond donors (Lipinski definition) is 2. The summed E-state index contributed by atoms with van der Waals surface area (Å²) in [5, 5.41) is 0. The highest BCUT2D eigenvalue weighted by molar-refractivity contribution is 5.66. The van der Waals surface area contributed by atoms with Crippen LogP contribution in [0.5, 0.6) is 0 Å². The summed E-state index contributed by atoms with van der Waals surface area (Å²) in [7, 11) is 2.94. The van der Waals surface area contributed by atoms with Crippen molar-refractivity contribution >= 4 is 23.0 Å². The van der Waals surface area contributed by atoms with E-state index < -0.39 is 11.4 Å². The molecule has 0 radical (unpaired) electrons. The van der Waals surface area contributed by atoms with Crippen molar-refractivity contribution in [2.75, 3.05) is 22.9 Å². The van der Waals surface area contributed by atoms with Crippen molar-refractivity contribution in [1.29, 1.82) is 0 Å². The third-order valence-electron chi connectivity index (χ3n) is 9.79. The van der Waals surface area contributed by atoms with Crippen LogP contribution in [0.4, 0.5) is 23.0 Å². The monoisotopic (exact) mass is 692 g/mol. The minimum absolute atomic E-state index is 0.356. The molecular weight excluding hydrogens is 628 g/mol. The molecular formula is C40H64N6O4. The minimum atomic E-state index is -0.450. The van der Waals surface area contributed by atoms with Gasteiger partial charge in [0.1, 0.15) is 11.6 Å². The number of rotatable bonds is 26. The zero-order valence-electron chi connectivity index (χ0n) is 31.4. The summed E-state index contributed by atoms with van der Waals surface area (Å²) in [6.07, 6.45) is 24.4. The first-order chi connectivity index (χ1) is 24.3. The van der Waals surface area contributed by atoms with E-state index in [-0.39, 0.29) is 11.1 Å². The standard InChI is InChI=1S/C40H64N6O4/c1-5-7-9-11-13-15-17-19-21-23-29-45(35-31-37(47)43(3)39(49)41-35)33-25-27-34(28-26-33)46(36-32-38(48)44(4)40(50)42-36)30-24-22-20-18-16-14-12-10-8-6-2/h25-28,31-32H,5-24,29-30H2,1-4H3,(H,41,49)(H,42,50). The highest BCUT2D eigenvalue weighted by atomic mass is 16.2. The lowest BCUT2D eigenvalue weighted by Crippen LogP contribution is -2.35. The second-order valence-corrected chi connectivity index (χ2v) is 13.9. The molecule has 0 aliphatic rings. The molecule has 278 valence electrons. The Morgan fingerprint density at radius 2 is 0.740 bits per heavy atom. The minimum Gasteiger partial charge on any atom is -0.328 e. The Morgan fingerprint density at radius 3 is 1.02 bits per heavy atom. The van der Waals surface area contributed by atoms with E-state index in [4.69, 9.17) is 0 Å². The third-order valence-corrected chi connectivity index (χ3v) is 9.79. The third kappa shape index (κ3) is 13.5. The molecule has 0 atom stereocenters. The molecule has 2 heterocycles. The number of nitrogens with zero attached hydrogens (tertiary/aromatic N) is 4. The largest absolute Gasteiger partial charge is 0.329 e. The van der Waals surface area contributed by atoms with Gasteiger partial charge in [-0.3, -0.25) is 28.7 Å². The fourth-order valence-corrected chi connectivity index (χ4v) is 6.48. The second kappa shape index (κ2) is 22.8. The number of anilines is 4. The number of unbranched alkanes of at least 4 members (excludes halogenated alkanes) is 18. The molecule has 10 heteroatoms. The zero-order chi connectivity index (χ0) is 36.1. The van der Waals surface area contributed by atoms with Crippen LogP contribution < -0.4 is 32.3 Å². The van der Waals surface area contributed by atoms with E-state index in [9.17, 15) is 19.2 Å². The Balaban J connectivity index is 1.72. The Morgan fingerprint density at radius 1 is 0.460 bits per heavy atom. The van der Waals surface area contributed by atoms with Crippen LogP contribution in [0.2, 0.25) is 0 Å². The molecule has 0 fully saturated rings. The van der Waals surface area contributed by atoms with Crippen molar-refractivity contribution in [2.24, 2.45) is 14.1 Å². The molecule has 0 saturated heterocycles. The van der Waals surface area contributed by atoms with Crippen LogP contribution in [0.25, 0.3) is 0 Å². The van der Waals surface area contributed by atoms with Crippen molar-refractivity contribution < 1.29 is 0 Å². The van der Waals surface area contributed by atoms with E-state index in [1.54, 1.807) is 0 Å². The molecule has 3 rings (SSSR count). The maximum atomic E-state index is 12.6. The van der Waals surface area contributed by atoms with Gasteiger partial charge in [-0.25, -0.2) is 9.59 Å². The molecule has 0 amide bonds. The Labute approximate surface area is 298 Å². The highest BCUT2D eigenvalue weighted by Crippen LogP contribution is 2.29. The molecule has 0 spiro atoms. The second-order valence-electron chi connectivity index (χ2n) is 13.9. The molecule has 50 heavy (non-hydrogen) atoms. The van der Waals surface area contributed by atoms with Gasteiger partial charge in [-0.15, -0.1) is 0 Å². The van der Waals surface area contributed by atoms with Crippen molar-refractivity contribution in [3.8, 4) is 0 Å². The van der Waals surface area contributed by atoms with Crippen molar-refractivity contribution in [2.45, 2.75) is 142 Å². The topological polar surface area (TPSA) is 116 Å². The molecule has 2 aromatic heterocycles. The van der Waals surface area contributed by atoms with Crippen molar-refractivity contribution in [3.05, 3.63) is 78.1 Å². The summed E-state index contributed by atoms with van der Waals surface area (Å²) >= 11 is 0. The number of benzene rings is 1. The van der Waals surface area contributed by atoms with Gasteiger partial charge in [-0.1, -0.05) is 129 Å². The van der Waals surface area contributed by atoms with Crippen LogP contribution in [0, 0.1) is 0 Å². The van der Waals surface area contributed by atoms with Crippen molar-refractivity contribution in [3.63, 3.8) is 0 Å². The SMILES string of the molecule is CCCCCCCCCCCCN(c1ccc(N(CCCCCCCCCCCC)c2cc(=O)n(C)c(=O)[nH]2)cc1)c1cc(=O)n(C)c(=O)[nH]1. The van der Waals surface area contributed by atoms with Gasteiger partial charge in [0.25, 0.3) is 11.1 Å². The zero-order valence-corrected chi connectivity index (χ0v) is 31.4. The fraction of sp³-hybridized carbons (Fsp3) is 0.650. The summed E-state index contributed by atoms with van der Waals surface area (Å²) in [4.78, 5) is 60.1. The van der Waals surface area contributed by atoms with Gasteiger partial charge >= 0.3 is 11.4 Å². The molecule has 0 aliphatic heterocycles. The normalized spacial score (nSPS) is 11.3. The Bertz CT molecular complexity index is 1440. The first kappa shape index (κ1) is 40.6. The summed E-state index contributed by atoms with van der Waals surface area (Å²) in [6, 6.07) is 10.9. The van der Waals surface area contributed by atoms with Gasteiger partial charge in [0.15, 0.2) is 0 Å². The lowest BCUT2D eigenvalue weighted by atomic mass is 10.1. The molecule has 0 aliphatic carbocycles. The fourth-order valence-electron chi connectivity index (χ4n) is 6.48. The Hall–Kier alpha value is -3.82.